The van der Waals surface area contributed by atoms with Crippen molar-refractivity contribution in [2.75, 3.05) is 11.9 Å². The Morgan fingerprint density at radius 3 is 2.96 bits per heavy atom. The van der Waals surface area contributed by atoms with Crippen LogP contribution in [0.3, 0.4) is 0 Å². The summed E-state index contributed by atoms with van der Waals surface area (Å²) in [5.41, 5.74) is 2.41. The Labute approximate surface area is 149 Å². The van der Waals surface area contributed by atoms with Crippen molar-refractivity contribution >= 4 is 54.5 Å². The van der Waals surface area contributed by atoms with E-state index in [-0.39, 0.29) is 6.23 Å². The first kappa shape index (κ1) is 15.0. The van der Waals surface area contributed by atoms with E-state index < -0.39 is 0 Å². The van der Waals surface area contributed by atoms with Crippen LogP contribution < -0.4 is 5.32 Å². The van der Waals surface area contributed by atoms with Crippen LogP contribution in [-0.2, 0) is 4.74 Å². The third kappa shape index (κ3) is 2.98. The maximum atomic E-state index is 5.74. The lowest BCUT2D eigenvalue weighted by molar-refractivity contribution is 0.0592. The molecule has 0 aliphatic carbocycles. The number of hydrogen-bond acceptors (Lipinski definition) is 5. The molecule has 1 fully saturated rings. The number of benzene rings is 1. The van der Waals surface area contributed by atoms with Gasteiger partial charge in [-0.05, 0) is 47.0 Å². The molecule has 0 amide bonds. The highest BCUT2D eigenvalue weighted by molar-refractivity contribution is 9.10. The fourth-order valence-corrected chi connectivity index (χ4v) is 3.42. The van der Waals surface area contributed by atoms with Gasteiger partial charge in [0.15, 0.2) is 17.0 Å². The van der Waals surface area contributed by atoms with Crippen LogP contribution in [0.15, 0.2) is 39.8 Å². The predicted molar refractivity (Wildman–Crippen MR) is 94.7 cm³/mol. The molecular weight excluding hydrogens is 426 g/mol. The highest BCUT2D eigenvalue weighted by Gasteiger charge is 2.22. The lowest BCUT2D eigenvalue weighted by Crippen LogP contribution is -2.07. The van der Waals surface area contributed by atoms with Crippen LogP contribution in [0.4, 0.5) is 11.5 Å². The molecular formula is C15H13Br2N5O. The molecule has 1 N–H and O–H groups in total. The zero-order valence-corrected chi connectivity index (χ0v) is 15.2. The molecule has 1 aliphatic rings. The van der Waals surface area contributed by atoms with Gasteiger partial charge in [0.05, 0.1) is 6.33 Å². The molecule has 0 spiro atoms. The van der Waals surface area contributed by atoms with Gasteiger partial charge < -0.3 is 10.1 Å². The Hall–Kier alpha value is -1.51. The van der Waals surface area contributed by atoms with E-state index in [1.807, 2.05) is 28.8 Å². The van der Waals surface area contributed by atoms with Crippen molar-refractivity contribution in [2.24, 2.45) is 0 Å². The van der Waals surface area contributed by atoms with Gasteiger partial charge in [0.1, 0.15) is 6.23 Å². The third-order valence-corrected chi connectivity index (χ3v) is 4.55. The Balaban J connectivity index is 1.77. The molecule has 23 heavy (non-hydrogen) atoms. The number of anilines is 2. The van der Waals surface area contributed by atoms with Crippen LogP contribution in [0.1, 0.15) is 19.1 Å². The number of hydrogen-bond donors (Lipinski definition) is 1. The summed E-state index contributed by atoms with van der Waals surface area (Å²) >= 11 is 6.86. The fraction of sp³-hybridized carbons (Fsp3) is 0.267. The lowest BCUT2D eigenvalue weighted by Gasteiger charge is -2.12. The highest BCUT2D eigenvalue weighted by Crippen LogP contribution is 2.30. The van der Waals surface area contributed by atoms with Gasteiger partial charge in [-0.1, -0.05) is 22.0 Å². The smallest absolute Gasteiger partial charge is 0.200 e. The molecule has 6 nitrogen and oxygen atoms in total. The average Bonchev–Trinajstić information content (AvgIpc) is 3.15. The summed E-state index contributed by atoms with van der Waals surface area (Å²) in [6.07, 6.45) is 3.80. The van der Waals surface area contributed by atoms with Crippen molar-refractivity contribution < 1.29 is 4.74 Å². The summed E-state index contributed by atoms with van der Waals surface area (Å²) in [5.74, 6) is 0.664. The van der Waals surface area contributed by atoms with Crippen molar-refractivity contribution in [1.82, 2.24) is 19.5 Å². The second kappa shape index (κ2) is 6.18. The van der Waals surface area contributed by atoms with Gasteiger partial charge in [-0.15, -0.1) is 0 Å². The van der Waals surface area contributed by atoms with E-state index in [4.69, 9.17) is 4.74 Å². The lowest BCUT2D eigenvalue weighted by atomic mass is 10.3. The van der Waals surface area contributed by atoms with Crippen molar-refractivity contribution in [3.8, 4) is 0 Å². The number of nitrogens with one attached hydrogen (secondary N) is 1. The SMILES string of the molecule is Brc1cccc(Nc2nc(Br)nc3c2ncn3C2CCCO2)c1. The highest BCUT2D eigenvalue weighted by atomic mass is 79.9. The first-order chi connectivity index (χ1) is 11.2. The van der Waals surface area contributed by atoms with E-state index in [0.29, 0.717) is 10.6 Å². The maximum Gasteiger partial charge on any atom is 0.200 e. The first-order valence-electron chi connectivity index (χ1n) is 7.25. The number of ether oxygens (including phenoxy) is 1. The molecule has 1 aromatic carbocycles. The minimum atomic E-state index is 0.000481. The van der Waals surface area contributed by atoms with Crippen molar-refractivity contribution in [3.63, 3.8) is 0 Å². The molecule has 2 aromatic heterocycles. The summed E-state index contributed by atoms with van der Waals surface area (Å²) in [7, 11) is 0. The van der Waals surface area contributed by atoms with Crippen LogP contribution >= 0.6 is 31.9 Å². The number of nitrogens with zero attached hydrogens (tertiary/aromatic N) is 4. The van der Waals surface area contributed by atoms with Gasteiger partial charge in [0, 0.05) is 16.8 Å². The molecule has 0 saturated carbocycles. The first-order valence-corrected chi connectivity index (χ1v) is 8.83. The van der Waals surface area contributed by atoms with Gasteiger partial charge in [-0.3, -0.25) is 4.57 Å². The molecule has 1 saturated heterocycles. The minimum absolute atomic E-state index is 0.000481. The zero-order valence-electron chi connectivity index (χ0n) is 12.0. The molecule has 0 bridgehead atoms. The van der Waals surface area contributed by atoms with Crippen LogP contribution in [0.2, 0.25) is 0 Å². The molecule has 1 unspecified atom stereocenters. The summed E-state index contributed by atoms with van der Waals surface area (Å²) in [5, 5.41) is 3.30. The van der Waals surface area contributed by atoms with E-state index in [9.17, 15) is 0 Å². The van der Waals surface area contributed by atoms with Gasteiger partial charge in [0.2, 0.25) is 4.73 Å². The van der Waals surface area contributed by atoms with Gasteiger partial charge in [0.25, 0.3) is 0 Å². The molecule has 1 aliphatic heterocycles. The topological polar surface area (TPSA) is 64.9 Å². The predicted octanol–water partition coefficient (Wildman–Crippen LogP) is 4.40. The van der Waals surface area contributed by atoms with Crippen molar-refractivity contribution in [1.29, 1.82) is 0 Å². The molecule has 3 aromatic rings. The van der Waals surface area contributed by atoms with E-state index in [2.05, 4.69) is 52.1 Å². The van der Waals surface area contributed by atoms with E-state index in [1.54, 1.807) is 6.33 Å². The molecule has 118 valence electrons. The van der Waals surface area contributed by atoms with Crippen LogP contribution in [0.25, 0.3) is 11.2 Å². The number of aromatic nitrogens is 4. The number of rotatable bonds is 3. The second-order valence-corrected chi connectivity index (χ2v) is 6.89. The summed E-state index contributed by atoms with van der Waals surface area (Å²) in [6.45, 7) is 0.778. The van der Waals surface area contributed by atoms with E-state index in [0.717, 1.165) is 40.8 Å². The van der Waals surface area contributed by atoms with Gasteiger partial charge in [-0.25, -0.2) is 15.0 Å². The Bertz CT molecular complexity index is 860. The number of halogens is 2. The molecule has 4 rings (SSSR count). The molecule has 8 heteroatoms. The second-order valence-electron chi connectivity index (χ2n) is 5.27. The van der Waals surface area contributed by atoms with Crippen molar-refractivity contribution in [3.05, 3.63) is 39.8 Å². The molecule has 1 atom stereocenters. The van der Waals surface area contributed by atoms with Crippen LogP contribution in [0, 0.1) is 0 Å². The van der Waals surface area contributed by atoms with E-state index >= 15 is 0 Å². The number of imidazole rings is 1. The van der Waals surface area contributed by atoms with E-state index in [1.165, 1.54) is 0 Å². The van der Waals surface area contributed by atoms with Crippen LogP contribution in [-0.4, -0.2) is 26.1 Å². The van der Waals surface area contributed by atoms with Gasteiger partial charge in [-0.2, -0.15) is 0 Å². The van der Waals surface area contributed by atoms with Crippen LogP contribution in [0.5, 0.6) is 0 Å². The molecule has 0 radical (unpaired) electrons. The largest absolute Gasteiger partial charge is 0.358 e. The Morgan fingerprint density at radius 2 is 2.17 bits per heavy atom. The summed E-state index contributed by atoms with van der Waals surface area (Å²) < 4.78 is 9.23. The van der Waals surface area contributed by atoms with Gasteiger partial charge >= 0.3 is 0 Å². The third-order valence-electron chi connectivity index (χ3n) is 3.70. The van der Waals surface area contributed by atoms with Crippen molar-refractivity contribution in [2.45, 2.75) is 19.1 Å². The molecule has 3 heterocycles. The Kier molecular flexibility index (Phi) is 4.04. The summed E-state index contributed by atoms with van der Waals surface area (Å²) in [6, 6.07) is 7.90. The number of fused-ring (bicyclic) bond motifs is 1. The maximum absolute atomic E-state index is 5.74. The summed E-state index contributed by atoms with van der Waals surface area (Å²) in [4.78, 5) is 13.4. The normalized spacial score (nSPS) is 17.7. The Morgan fingerprint density at radius 1 is 1.26 bits per heavy atom. The standard InChI is InChI=1S/C15H13Br2N5O/c16-9-3-1-4-10(7-9)19-13-12-14(21-15(17)20-13)22(8-18-12)11-5-2-6-23-11/h1,3-4,7-8,11H,2,5-6H2,(H,19,20,21). The minimum Gasteiger partial charge on any atom is -0.358 e. The average molecular weight is 439 g/mol. The quantitative estimate of drug-likeness (QED) is 0.613. The monoisotopic (exact) mass is 437 g/mol. The zero-order chi connectivity index (χ0) is 15.8. The fourth-order valence-electron chi connectivity index (χ4n) is 2.67.